The summed E-state index contributed by atoms with van der Waals surface area (Å²) >= 11 is 1.86. The molecule has 0 amide bonds. The Morgan fingerprint density at radius 2 is 1.95 bits per heavy atom. The van der Waals surface area contributed by atoms with Gasteiger partial charge in [-0.3, -0.25) is 0 Å². The molecule has 112 valence electrons. The van der Waals surface area contributed by atoms with E-state index in [4.69, 9.17) is 4.98 Å². The molecule has 0 unspecified atom stereocenters. The van der Waals surface area contributed by atoms with E-state index in [1.807, 2.05) is 11.3 Å². The van der Waals surface area contributed by atoms with Crippen LogP contribution in [0, 0.1) is 0 Å². The Balaban J connectivity index is 1.76. The van der Waals surface area contributed by atoms with E-state index in [2.05, 4.69) is 42.6 Å². The van der Waals surface area contributed by atoms with Gasteiger partial charge in [0.15, 0.2) is 0 Å². The van der Waals surface area contributed by atoms with Crippen molar-refractivity contribution in [3.63, 3.8) is 0 Å². The number of thiazole rings is 1. The van der Waals surface area contributed by atoms with Gasteiger partial charge < -0.3 is 5.32 Å². The van der Waals surface area contributed by atoms with E-state index in [1.54, 1.807) is 0 Å². The molecule has 1 aliphatic carbocycles. The van der Waals surface area contributed by atoms with Gasteiger partial charge in [0, 0.05) is 23.0 Å². The molecule has 0 bridgehead atoms. The Morgan fingerprint density at radius 3 is 2.67 bits per heavy atom. The molecule has 1 N–H and O–H groups in total. The molecule has 2 aromatic rings. The Labute approximate surface area is 131 Å². The fourth-order valence-corrected chi connectivity index (χ4v) is 4.09. The van der Waals surface area contributed by atoms with E-state index in [0.717, 1.165) is 25.4 Å². The van der Waals surface area contributed by atoms with Crippen LogP contribution < -0.4 is 5.32 Å². The monoisotopic (exact) mass is 300 g/mol. The van der Waals surface area contributed by atoms with Gasteiger partial charge in [0.1, 0.15) is 5.01 Å². The van der Waals surface area contributed by atoms with Crippen molar-refractivity contribution >= 4 is 11.3 Å². The van der Waals surface area contributed by atoms with Gasteiger partial charge in [-0.25, -0.2) is 4.98 Å². The molecule has 0 atom stereocenters. The van der Waals surface area contributed by atoms with Crippen LogP contribution in [-0.2, 0) is 13.0 Å². The molecule has 0 radical (unpaired) electrons. The van der Waals surface area contributed by atoms with Crippen LogP contribution in [0.25, 0.3) is 10.6 Å². The summed E-state index contributed by atoms with van der Waals surface area (Å²) in [4.78, 5) is 6.33. The number of nitrogens with one attached hydrogen (secondary N) is 1. The van der Waals surface area contributed by atoms with Gasteiger partial charge in [-0.1, -0.05) is 56.5 Å². The van der Waals surface area contributed by atoms with Crippen LogP contribution in [-0.4, -0.2) is 11.0 Å². The lowest BCUT2D eigenvalue weighted by Crippen LogP contribution is -2.25. The maximum absolute atomic E-state index is 4.89. The maximum Gasteiger partial charge on any atom is 0.123 e. The second-order valence-electron chi connectivity index (χ2n) is 5.87. The molecule has 1 saturated carbocycles. The van der Waals surface area contributed by atoms with Gasteiger partial charge in [-0.2, -0.15) is 0 Å². The van der Waals surface area contributed by atoms with Crippen molar-refractivity contribution in [3.8, 4) is 10.6 Å². The van der Waals surface area contributed by atoms with Crippen molar-refractivity contribution in [2.75, 3.05) is 0 Å². The van der Waals surface area contributed by atoms with Crippen molar-refractivity contribution in [3.05, 3.63) is 40.9 Å². The van der Waals surface area contributed by atoms with Crippen molar-refractivity contribution in [1.82, 2.24) is 10.3 Å². The molecule has 2 nitrogen and oxygen atoms in total. The van der Waals surface area contributed by atoms with Crippen LogP contribution >= 0.6 is 11.3 Å². The number of nitrogens with zero attached hydrogens (tertiary/aromatic N) is 1. The smallest absolute Gasteiger partial charge is 0.123 e. The highest BCUT2D eigenvalue weighted by atomic mass is 32.1. The maximum atomic E-state index is 4.89. The number of hydrogen-bond donors (Lipinski definition) is 1. The lowest BCUT2D eigenvalue weighted by atomic mass is 10.2. The highest BCUT2D eigenvalue weighted by molar-refractivity contribution is 7.15. The molecule has 1 aromatic heterocycles. The SMILES string of the molecule is CCCc1nc(-c2ccccc2)sc1CNC1CCCC1. The van der Waals surface area contributed by atoms with E-state index < -0.39 is 0 Å². The normalized spacial score (nSPS) is 15.7. The van der Waals surface area contributed by atoms with E-state index in [0.29, 0.717) is 0 Å². The molecule has 0 aliphatic heterocycles. The van der Waals surface area contributed by atoms with Crippen molar-refractivity contribution < 1.29 is 0 Å². The summed E-state index contributed by atoms with van der Waals surface area (Å²) in [6, 6.07) is 11.3. The van der Waals surface area contributed by atoms with Crippen molar-refractivity contribution in [2.24, 2.45) is 0 Å². The predicted octanol–water partition coefficient (Wildman–Crippen LogP) is 4.79. The molecule has 1 aliphatic rings. The molecular weight excluding hydrogens is 276 g/mol. The Bertz CT molecular complexity index is 556. The first-order valence-electron chi connectivity index (χ1n) is 8.14. The molecule has 3 heteroatoms. The minimum Gasteiger partial charge on any atom is -0.309 e. The lowest BCUT2D eigenvalue weighted by Gasteiger charge is -2.11. The third-order valence-electron chi connectivity index (χ3n) is 4.19. The first-order valence-corrected chi connectivity index (χ1v) is 8.96. The Hall–Kier alpha value is -1.19. The number of aromatic nitrogens is 1. The second-order valence-corrected chi connectivity index (χ2v) is 6.95. The van der Waals surface area contributed by atoms with Crippen molar-refractivity contribution in [1.29, 1.82) is 0 Å². The lowest BCUT2D eigenvalue weighted by molar-refractivity contribution is 0.525. The van der Waals surface area contributed by atoms with Gasteiger partial charge >= 0.3 is 0 Å². The van der Waals surface area contributed by atoms with E-state index in [9.17, 15) is 0 Å². The number of aryl methyl sites for hydroxylation is 1. The fourth-order valence-electron chi connectivity index (χ4n) is 3.02. The number of benzene rings is 1. The standard InChI is InChI=1S/C18H24N2S/c1-2-8-16-17(13-19-15-11-6-7-12-15)21-18(20-16)14-9-4-3-5-10-14/h3-5,9-10,15,19H,2,6-8,11-13H2,1H3. The zero-order valence-corrected chi connectivity index (χ0v) is 13.6. The average Bonchev–Trinajstić information content (AvgIpc) is 3.16. The first kappa shape index (κ1) is 14.7. The van der Waals surface area contributed by atoms with Crippen molar-refractivity contribution in [2.45, 2.75) is 58.0 Å². The van der Waals surface area contributed by atoms with Crippen LogP contribution in [0.5, 0.6) is 0 Å². The summed E-state index contributed by atoms with van der Waals surface area (Å²) in [7, 11) is 0. The molecule has 1 heterocycles. The quantitative estimate of drug-likeness (QED) is 0.829. The highest BCUT2D eigenvalue weighted by Crippen LogP contribution is 2.29. The van der Waals surface area contributed by atoms with Gasteiger partial charge in [-0.05, 0) is 19.3 Å². The van der Waals surface area contributed by atoms with Gasteiger partial charge in [0.05, 0.1) is 5.69 Å². The van der Waals surface area contributed by atoms with Crippen LogP contribution in [0.1, 0.15) is 49.6 Å². The summed E-state index contributed by atoms with van der Waals surface area (Å²) < 4.78 is 0. The minimum absolute atomic E-state index is 0.724. The Morgan fingerprint density at radius 1 is 1.19 bits per heavy atom. The van der Waals surface area contributed by atoms with Gasteiger partial charge in [-0.15, -0.1) is 11.3 Å². The van der Waals surface area contributed by atoms with E-state index in [-0.39, 0.29) is 0 Å². The molecule has 0 spiro atoms. The van der Waals surface area contributed by atoms with Crippen LogP contribution in [0.2, 0.25) is 0 Å². The predicted molar refractivity (Wildman–Crippen MR) is 90.6 cm³/mol. The second kappa shape index (κ2) is 7.19. The molecule has 21 heavy (non-hydrogen) atoms. The first-order chi connectivity index (χ1) is 10.4. The third-order valence-corrected chi connectivity index (χ3v) is 5.34. The summed E-state index contributed by atoms with van der Waals surface area (Å²) in [6.07, 6.45) is 7.70. The van der Waals surface area contributed by atoms with E-state index >= 15 is 0 Å². The molecule has 3 rings (SSSR count). The summed E-state index contributed by atoms with van der Waals surface area (Å²) in [5, 5.41) is 4.90. The summed E-state index contributed by atoms with van der Waals surface area (Å²) in [5.41, 5.74) is 2.54. The fraction of sp³-hybridized carbons (Fsp3) is 0.500. The molecular formula is C18H24N2S. The molecule has 0 saturated heterocycles. The van der Waals surface area contributed by atoms with Gasteiger partial charge in [0.25, 0.3) is 0 Å². The minimum atomic E-state index is 0.724. The largest absolute Gasteiger partial charge is 0.309 e. The highest BCUT2D eigenvalue weighted by Gasteiger charge is 2.17. The zero-order chi connectivity index (χ0) is 14.5. The zero-order valence-electron chi connectivity index (χ0n) is 12.8. The number of hydrogen-bond acceptors (Lipinski definition) is 3. The van der Waals surface area contributed by atoms with E-state index in [1.165, 1.54) is 46.8 Å². The third kappa shape index (κ3) is 3.72. The van der Waals surface area contributed by atoms with Crippen LogP contribution in [0.4, 0.5) is 0 Å². The average molecular weight is 300 g/mol. The summed E-state index contributed by atoms with van der Waals surface area (Å²) in [6.45, 7) is 3.22. The Kier molecular flexibility index (Phi) is 5.04. The summed E-state index contributed by atoms with van der Waals surface area (Å²) in [5.74, 6) is 0. The molecule has 1 aromatic carbocycles. The van der Waals surface area contributed by atoms with Crippen LogP contribution in [0.15, 0.2) is 30.3 Å². The molecule has 1 fully saturated rings. The van der Waals surface area contributed by atoms with Crippen LogP contribution in [0.3, 0.4) is 0 Å². The van der Waals surface area contributed by atoms with Gasteiger partial charge in [0.2, 0.25) is 0 Å². The topological polar surface area (TPSA) is 24.9 Å². The number of rotatable bonds is 6.